The van der Waals surface area contributed by atoms with Gasteiger partial charge in [0.25, 0.3) is 5.01 Å². The van der Waals surface area contributed by atoms with Crippen molar-refractivity contribution in [2.75, 3.05) is 38.9 Å². The van der Waals surface area contributed by atoms with Crippen LogP contribution in [0.15, 0.2) is 46.3 Å². The number of methoxy groups -OCH3 is 2. The van der Waals surface area contributed by atoms with Crippen LogP contribution < -0.4 is 9.47 Å². The van der Waals surface area contributed by atoms with E-state index in [0.717, 1.165) is 44.4 Å². The lowest BCUT2D eigenvalue weighted by Crippen LogP contribution is -2.37. The number of benzene rings is 2. The van der Waals surface area contributed by atoms with Crippen LogP contribution in [-0.4, -0.2) is 34.0 Å². The molecule has 29 heavy (non-hydrogen) atoms. The molecule has 0 saturated heterocycles. The van der Waals surface area contributed by atoms with Crippen LogP contribution in [0.4, 0.5) is 5.69 Å². The fraction of sp³-hybridized carbons (Fsp3) is 0.286. The summed E-state index contributed by atoms with van der Waals surface area (Å²) in [6, 6.07) is 12.1. The molecule has 0 radical (unpaired) electrons. The zero-order valence-corrected chi connectivity index (χ0v) is 19.3. The molecule has 8 heteroatoms. The van der Waals surface area contributed by atoms with Gasteiger partial charge in [0.05, 0.1) is 23.4 Å². The second-order valence-corrected chi connectivity index (χ2v) is 9.54. The average Bonchev–Trinajstić information content (AvgIpc) is 3.21. The minimum Gasteiger partial charge on any atom is -0.383 e. The average molecular weight is 468 g/mol. The normalized spacial score (nSPS) is 14.9. The maximum Gasteiger partial charge on any atom is 0.265 e. The van der Waals surface area contributed by atoms with E-state index in [-0.39, 0.29) is 0 Å². The predicted molar refractivity (Wildman–Crippen MR) is 123 cm³/mol. The largest absolute Gasteiger partial charge is 0.383 e. The zero-order chi connectivity index (χ0) is 20.4. The summed E-state index contributed by atoms with van der Waals surface area (Å²) in [5.74, 6) is 0. The van der Waals surface area contributed by atoms with Gasteiger partial charge in [0, 0.05) is 41.8 Å². The Hall–Kier alpha value is -1.28. The van der Waals surface area contributed by atoms with Gasteiger partial charge in [0.1, 0.15) is 11.3 Å². The van der Waals surface area contributed by atoms with E-state index in [9.17, 15) is 0 Å². The maximum absolute atomic E-state index is 6.27. The maximum atomic E-state index is 6.27. The first-order chi connectivity index (χ1) is 14.1. The fourth-order valence-corrected chi connectivity index (χ4v) is 5.91. The fourth-order valence-electron chi connectivity index (χ4n) is 3.30. The highest BCUT2D eigenvalue weighted by molar-refractivity contribution is 8.03. The van der Waals surface area contributed by atoms with Crippen LogP contribution in [0.1, 0.15) is 5.01 Å². The van der Waals surface area contributed by atoms with E-state index < -0.39 is 0 Å². The molecule has 0 aliphatic carbocycles. The SMILES string of the molecule is COCCN1C(=Cc2sc3ccc(Cl)cc3[n+]2CCOC)Sc2ccc(Cl)cc21. The van der Waals surface area contributed by atoms with Gasteiger partial charge in [-0.25, -0.2) is 0 Å². The van der Waals surface area contributed by atoms with Gasteiger partial charge in [-0.1, -0.05) is 46.3 Å². The molecule has 0 saturated carbocycles. The number of fused-ring (bicyclic) bond motifs is 2. The van der Waals surface area contributed by atoms with E-state index in [4.69, 9.17) is 32.7 Å². The summed E-state index contributed by atoms with van der Waals surface area (Å²) in [6.07, 6.45) is 2.24. The van der Waals surface area contributed by atoms with Crippen molar-refractivity contribution in [3.8, 4) is 0 Å². The molecular formula is C21H21Cl2N2O2S2+. The zero-order valence-electron chi connectivity index (χ0n) is 16.2. The molecule has 4 nitrogen and oxygen atoms in total. The summed E-state index contributed by atoms with van der Waals surface area (Å²) in [4.78, 5) is 3.47. The Morgan fingerprint density at radius 1 is 1.03 bits per heavy atom. The molecule has 2 heterocycles. The van der Waals surface area contributed by atoms with Gasteiger partial charge in [0.2, 0.25) is 5.52 Å². The smallest absolute Gasteiger partial charge is 0.265 e. The standard InChI is InChI=1S/C21H21Cl2N2O2S2/c1-26-9-7-24-16-11-14(22)3-5-18(16)28-20(24)13-21-25(8-10-27-2)17-12-15(23)4-6-19(17)29-21/h3-6,11-13H,7-10H2,1-2H3/q+1. The number of ether oxygens (including phenoxy) is 2. The van der Waals surface area contributed by atoms with E-state index >= 15 is 0 Å². The summed E-state index contributed by atoms with van der Waals surface area (Å²) in [5, 5.41) is 3.78. The number of halogens is 2. The van der Waals surface area contributed by atoms with E-state index in [1.54, 1.807) is 37.3 Å². The minimum absolute atomic E-state index is 0.634. The van der Waals surface area contributed by atoms with E-state index in [0.29, 0.717) is 13.2 Å². The number of rotatable bonds is 7. The molecule has 152 valence electrons. The van der Waals surface area contributed by atoms with Crippen molar-refractivity contribution >= 4 is 68.3 Å². The van der Waals surface area contributed by atoms with Gasteiger partial charge < -0.3 is 14.4 Å². The van der Waals surface area contributed by atoms with Gasteiger partial charge >= 0.3 is 0 Å². The van der Waals surface area contributed by atoms with Gasteiger partial charge in [-0.2, -0.15) is 4.57 Å². The van der Waals surface area contributed by atoms with Crippen molar-refractivity contribution in [3.63, 3.8) is 0 Å². The molecule has 0 bridgehead atoms. The Balaban J connectivity index is 1.78. The molecule has 0 fully saturated rings. The molecule has 0 spiro atoms. The summed E-state index contributed by atoms with van der Waals surface area (Å²) in [6.45, 7) is 2.79. The first-order valence-corrected chi connectivity index (χ1v) is 11.6. The van der Waals surface area contributed by atoms with Gasteiger partial charge in [-0.15, -0.1) is 0 Å². The van der Waals surface area contributed by atoms with Crippen LogP contribution in [0.5, 0.6) is 0 Å². The number of hydrogen-bond donors (Lipinski definition) is 0. The number of hydrogen-bond acceptors (Lipinski definition) is 5. The highest BCUT2D eigenvalue weighted by Crippen LogP contribution is 2.47. The molecule has 3 aromatic rings. The first-order valence-electron chi connectivity index (χ1n) is 9.17. The van der Waals surface area contributed by atoms with Crippen LogP contribution in [0.3, 0.4) is 0 Å². The second kappa shape index (κ2) is 9.25. The Morgan fingerprint density at radius 2 is 1.79 bits per heavy atom. The summed E-state index contributed by atoms with van der Waals surface area (Å²) in [5.41, 5.74) is 2.25. The Bertz CT molecular complexity index is 1070. The molecule has 4 rings (SSSR count). The number of nitrogens with zero attached hydrogens (tertiary/aromatic N) is 2. The number of thioether (sulfide) groups is 1. The number of anilines is 1. The lowest BCUT2D eigenvalue weighted by Gasteiger charge is -2.19. The Morgan fingerprint density at radius 3 is 2.59 bits per heavy atom. The molecule has 1 aliphatic heterocycles. The summed E-state index contributed by atoms with van der Waals surface area (Å²) in [7, 11) is 3.44. The molecule has 1 aromatic heterocycles. The molecule has 2 aromatic carbocycles. The van der Waals surface area contributed by atoms with E-state index in [1.807, 2.05) is 24.3 Å². The van der Waals surface area contributed by atoms with Crippen LogP contribution in [-0.2, 0) is 16.0 Å². The Kier molecular flexibility index (Phi) is 6.69. The summed E-state index contributed by atoms with van der Waals surface area (Å²) >= 11 is 16.0. The molecule has 1 aliphatic rings. The monoisotopic (exact) mass is 467 g/mol. The first kappa shape index (κ1) is 21.0. The third-order valence-electron chi connectivity index (χ3n) is 4.67. The molecule has 0 N–H and O–H groups in total. The van der Waals surface area contributed by atoms with Gasteiger partial charge in [-0.05, 0) is 30.3 Å². The van der Waals surface area contributed by atoms with Crippen LogP contribution in [0, 0.1) is 0 Å². The molecule has 0 unspecified atom stereocenters. The van der Waals surface area contributed by atoms with Crippen molar-refractivity contribution in [1.29, 1.82) is 0 Å². The topological polar surface area (TPSA) is 25.6 Å². The van der Waals surface area contributed by atoms with Crippen molar-refractivity contribution in [2.45, 2.75) is 11.4 Å². The molecule has 0 atom stereocenters. The van der Waals surface area contributed by atoms with Crippen LogP contribution in [0.25, 0.3) is 16.3 Å². The van der Waals surface area contributed by atoms with Crippen LogP contribution >= 0.6 is 46.3 Å². The number of thiazole rings is 1. The molecular weight excluding hydrogens is 447 g/mol. The van der Waals surface area contributed by atoms with Gasteiger partial charge in [0.15, 0.2) is 6.54 Å². The Labute approximate surface area is 188 Å². The van der Waals surface area contributed by atoms with Crippen molar-refractivity contribution in [1.82, 2.24) is 0 Å². The quantitative estimate of drug-likeness (QED) is 0.416. The second-order valence-electron chi connectivity index (χ2n) is 6.54. The number of aromatic nitrogens is 1. The minimum atomic E-state index is 0.634. The van der Waals surface area contributed by atoms with Crippen molar-refractivity contribution in [2.24, 2.45) is 0 Å². The summed E-state index contributed by atoms with van der Waals surface area (Å²) < 4.78 is 14.2. The predicted octanol–water partition coefficient (Wildman–Crippen LogP) is 5.70. The highest BCUT2D eigenvalue weighted by Gasteiger charge is 2.28. The van der Waals surface area contributed by atoms with Crippen molar-refractivity contribution in [3.05, 3.63) is 56.5 Å². The lowest BCUT2D eigenvalue weighted by atomic mass is 10.3. The van der Waals surface area contributed by atoms with E-state index in [1.165, 1.54) is 9.60 Å². The third-order valence-corrected chi connectivity index (χ3v) is 7.36. The lowest BCUT2D eigenvalue weighted by molar-refractivity contribution is -0.670. The van der Waals surface area contributed by atoms with Crippen molar-refractivity contribution < 1.29 is 14.0 Å². The van der Waals surface area contributed by atoms with E-state index in [2.05, 4.69) is 27.7 Å². The van der Waals surface area contributed by atoms with Crippen LogP contribution in [0.2, 0.25) is 10.0 Å². The molecule has 0 amide bonds. The third kappa shape index (κ3) is 4.43. The van der Waals surface area contributed by atoms with Gasteiger partial charge in [-0.3, -0.25) is 0 Å². The highest BCUT2D eigenvalue weighted by atomic mass is 35.5.